The molecule has 0 amide bonds. The number of hydrogen-bond donors (Lipinski definition) is 2. The summed E-state index contributed by atoms with van der Waals surface area (Å²) in [4.78, 5) is 11.0. The molecular weight excluding hydrogens is 286 g/mol. The van der Waals surface area contributed by atoms with E-state index in [4.69, 9.17) is 5.73 Å². The zero-order chi connectivity index (χ0) is 16.2. The molecule has 1 aliphatic heterocycles. The van der Waals surface area contributed by atoms with E-state index in [2.05, 4.69) is 58.3 Å². The van der Waals surface area contributed by atoms with E-state index in [0.29, 0.717) is 17.4 Å². The molecule has 1 aromatic heterocycles. The number of benzene rings is 1. The first-order valence-electron chi connectivity index (χ1n) is 8.37. The third kappa shape index (κ3) is 3.55. The van der Waals surface area contributed by atoms with Crippen LogP contribution < -0.4 is 16.0 Å². The molecular formula is C18H25N5. The normalized spacial score (nSPS) is 15.0. The van der Waals surface area contributed by atoms with Gasteiger partial charge in [-0.3, -0.25) is 0 Å². The van der Waals surface area contributed by atoms with E-state index in [1.165, 1.54) is 24.8 Å². The summed E-state index contributed by atoms with van der Waals surface area (Å²) in [6, 6.07) is 8.40. The Balaban J connectivity index is 1.80. The minimum Gasteiger partial charge on any atom is -0.393 e. The van der Waals surface area contributed by atoms with Crippen LogP contribution in [0.4, 0.5) is 23.0 Å². The molecule has 1 aromatic carbocycles. The summed E-state index contributed by atoms with van der Waals surface area (Å²) in [6.07, 6.45) is 5.27. The van der Waals surface area contributed by atoms with E-state index >= 15 is 0 Å². The number of nitrogens with two attached hydrogens (primary N) is 1. The van der Waals surface area contributed by atoms with Crippen LogP contribution in [0.5, 0.6) is 0 Å². The van der Waals surface area contributed by atoms with Gasteiger partial charge in [0.25, 0.3) is 0 Å². The van der Waals surface area contributed by atoms with Crippen molar-refractivity contribution in [3.63, 3.8) is 0 Å². The Morgan fingerprint density at radius 3 is 2.39 bits per heavy atom. The first kappa shape index (κ1) is 15.6. The highest BCUT2D eigenvalue weighted by molar-refractivity contribution is 5.78. The third-order valence-corrected chi connectivity index (χ3v) is 4.36. The molecule has 122 valence electrons. The summed E-state index contributed by atoms with van der Waals surface area (Å²) < 4.78 is 0. The number of piperidine rings is 1. The summed E-state index contributed by atoms with van der Waals surface area (Å²) in [5.41, 5.74) is 9.25. The molecule has 1 aliphatic rings. The van der Waals surface area contributed by atoms with Crippen molar-refractivity contribution >= 4 is 23.0 Å². The van der Waals surface area contributed by atoms with Gasteiger partial charge in [0.15, 0.2) is 11.6 Å². The Morgan fingerprint density at radius 1 is 1.04 bits per heavy atom. The molecule has 0 radical (unpaired) electrons. The van der Waals surface area contributed by atoms with Crippen LogP contribution in [-0.2, 0) is 0 Å². The van der Waals surface area contributed by atoms with Crippen molar-refractivity contribution < 1.29 is 0 Å². The highest BCUT2D eigenvalue weighted by Gasteiger charge is 2.17. The molecule has 0 spiro atoms. The molecule has 5 heteroatoms. The maximum absolute atomic E-state index is 6.31. The number of rotatable bonds is 4. The van der Waals surface area contributed by atoms with E-state index in [9.17, 15) is 0 Å². The average Bonchev–Trinajstić information content (AvgIpc) is 2.58. The van der Waals surface area contributed by atoms with Gasteiger partial charge < -0.3 is 16.0 Å². The smallest absolute Gasteiger partial charge is 0.159 e. The van der Waals surface area contributed by atoms with Crippen molar-refractivity contribution in [2.45, 2.75) is 39.0 Å². The van der Waals surface area contributed by atoms with Gasteiger partial charge in [0.2, 0.25) is 0 Å². The number of nitrogens with zero attached hydrogens (tertiary/aromatic N) is 3. The lowest BCUT2D eigenvalue weighted by atomic mass is 10.0. The Labute approximate surface area is 137 Å². The van der Waals surface area contributed by atoms with Gasteiger partial charge in [0.05, 0.1) is 0 Å². The van der Waals surface area contributed by atoms with Gasteiger partial charge >= 0.3 is 0 Å². The Morgan fingerprint density at radius 2 is 1.74 bits per heavy atom. The summed E-state index contributed by atoms with van der Waals surface area (Å²) >= 11 is 0. The van der Waals surface area contributed by atoms with Gasteiger partial charge in [-0.05, 0) is 42.9 Å². The largest absolute Gasteiger partial charge is 0.393 e. The molecule has 0 atom stereocenters. The fraction of sp³-hybridized carbons (Fsp3) is 0.444. The number of anilines is 4. The third-order valence-electron chi connectivity index (χ3n) is 4.36. The van der Waals surface area contributed by atoms with E-state index in [1.54, 1.807) is 6.33 Å². The van der Waals surface area contributed by atoms with Crippen LogP contribution in [0.25, 0.3) is 0 Å². The maximum atomic E-state index is 6.31. The van der Waals surface area contributed by atoms with Crippen molar-refractivity contribution in [2.75, 3.05) is 29.0 Å². The molecule has 1 saturated heterocycles. The molecule has 23 heavy (non-hydrogen) atoms. The molecule has 0 saturated carbocycles. The second kappa shape index (κ2) is 6.86. The standard InChI is InChI=1S/C18H25N5/c1-13(2)14-6-8-15(9-7-14)22-17-16(19)18(21-12-20-17)23-10-4-3-5-11-23/h6-9,12-13H,3-5,10-11,19H2,1-2H3,(H,20,21,22). The topological polar surface area (TPSA) is 67.1 Å². The minimum atomic E-state index is 0.527. The molecule has 5 nitrogen and oxygen atoms in total. The van der Waals surface area contributed by atoms with E-state index in [0.717, 1.165) is 24.6 Å². The average molecular weight is 311 g/mol. The van der Waals surface area contributed by atoms with Crippen LogP contribution in [0.2, 0.25) is 0 Å². The predicted molar refractivity (Wildman–Crippen MR) is 96.3 cm³/mol. The minimum absolute atomic E-state index is 0.527. The molecule has 3 N–H and O–H groups in total. The number of nitrogens with one attached hydrogen (secondary N) is 1. The fourth-order valence-corrected chi connectivity index (χ4v) is 2.93. The van der Waals surface area contributed by atoms with Gasteiger partial charge in [0, 0.05) is 18.8 Å². The zero-order valence-corrected chi connectivity index (χ0v) is 13.9. The maximum Gasteiger partial charge on any atom is 0.159 e. The van der Waals surface area contributed by atoms with Crippen molar-refractivity contribution in [1.82, 2.24) is 9.97 Å². The van der Waals surface area contributed by atoms with Gasteiger partial charge in [-0.2, -0.15) is 0 Å². The molecule has 0 bridgehead atoms. The van der Waals surface area contributed by atoms with E-state index in [-0.39, 0.29) is 0 Å². The summed E-state index contributed by atoms with van der Waals surface area (Å²) in [6.45, 7) is 6.42. The van der Waals surface area contributed by atoms with Crippen LogP contribution in [0, 0.1) is 0 Å². The van der Waals surface area contributed by atoms with Gasteiger partial charge in [-0.25, -0.2) is 9.97 Å². The van der Waals surface area contributed by atoms with E-state index in [1.807, 2.05) is 0 Å². The van der Waals surface area contributed by atoms with Crippen molar-refractivity contribution in [1.29, 1.82) is 0 Å². The van der Waals surface area contributed by atoms with Crippen LogP contribution in [-0.4, -0.2) is 23.1 Å². The molecule has 0 unspecified atom stereocenters. The van der Waals surface area contributed by atoms with Crippen LogP contribution in [0.1, 0.15) is 44.6 Å². The molecule has 3 rings (SSSR count). The molecule has 2 aromatic rings. The highest BCUT2D eigenvalue weighted by atomic mass is 15.2. The quantitative estimate of drug-likeness (QED) is 0.896. The van der Waals surface area contributed by atoms with Crippen LogP contribution in [0.15, 0.2) is 30.6 Å². The summed E-state index contributed by atoms with van der Waals surface area (Å²) in [5.74, 6) is 2.05. The van der Waals surface area contributed by atoms with Crippen LogP contribution in [0.3, 0.4) is 0 Å². The first-order valence-corrected chi connectivity index (χ1v) is 8.37. The van der Waals surface area contributed by atoms with Gasteiger partial charge in [-0.15, -0.1) is 0 Å². The Hall–Kier alpha value is -2.30. The number of nitrogen functional groups attached to an aromatic ring is 1. The SMILES string of the molecule is CC(C)c1ccc(Nc2ncnc(N3CCCCC3)c2N)cc1. The predicted octanol–water partition coefficient (Wildman–Crippen LogP) is 3.92. The number of hydrogen-bond acceptors (Lipinski definition) is 5. The Bertz CT molecular complexity index is 645. The van der Waals surface area contributed by atoms with Gasteiger partial charge in [-0.1, -0.05) is 26.0 Å². The molecule has 0 aliphatic carbocycles. The van der Waals surface area contributed by atoms with Crippen molar-refractivity contribution in [3.8, 4) is 0 Å². The second-order valence-electron chi connectivity index (χ2n) is 6.41. The zero-order valence-electron chi connectivity index (χ0n) is 13.9. The monoisotopic (exact) mass is 311 g/mol. The van der Waals surface area contributed by atoms with Crippen LogP contribution >= 0.6 is 0 Å². The highest BCUT2D eigenvalue weighted by Crippen LogP contribution is 2.30. The van der Waals surface area contributed by atoms with Gasteiger partial charge in [0.1, 0.15) is 12.0 Å². The second-order valence-corrected chi connectivity index (χ2v) is 6.41. The lowest BCUT2D eigenvalue weighted by Crippen LogP contribution is -2.31. The Kier molecular flexibility index (Phi) is 4.65. The lowest BCUT2D eigenvalue weighted by molar-refractivity contribution is 0.574. The molecule has 2 heterocycles. The summed E-state index contributed by atoms with van der Waals surface area (Å²) in [5, 5.41) is 3.32. The fourth-order valence-electron chi connectivity index (χ4n) is 2.93. The number of aromatic nitrogens is 2. The summed E-state index contributed by atoms with van der Waals surface area (Å²) in [7, 11) is 0. The van der Waals surface area contributed by atoms with E-state index < -0.39 is 0 Å². The van der Waals surface area contributed by atoms with Crippen molar-refractivity contribution in [3.05, 3.63) is 36.2 Å². The first-order chi connectivity index (χ1) is 11.1. The van der Waals surface area contributed by atoms with Crippen molar-refractivity contribution in [2.24, 2.45) is 0 Å². The lowest BCUT2D eigenvalue weighted by Gasteiger charge is -2.28. The molecule has 1 fully saturated rings.